The predicted octanol–water partition coefficient (Wildman–Crippen LogP) is 3.80. The molecule has 8 heteroatoms. The van der Waals surface area contributed by atoms with E-state index < -0.39 is 11.9 Å². The molecule has 0 radical (unpaired) electrons. The molecule has 0 saturated carbocycles. The van der Waals surface area contributed by atoms with Crippen molar-refractivity contribution in [2.24, 2.45) is 0 Å². The van der Waals surface area contributed by atoms with Crippen LogP contribution in [0.15, 0.2) is 36.2 Å². The molecular weight excluding hydrogens is 361 g/mol. The van der Waals surface area contributed by atoms with E-state index in [2.05, 4.69) is 0 Å². The highest BCUT2D eigenvalue weighted by atomic mass is 19.4. The molecule has 0 bridgehead atoms. The number of nitrogens with zero attached hydrogens (tertiary/aromatic N) is 2. The first kappa shape index (κ1) is 19.5. The number of carbonyl (C=O) groups is 1. The van der Waals surface area contributed by atoms with Crippen LogP contribution in [-0.4, -0.2) is 42.5 Å². The van der Waals surface area contributed by atoms with Gasteiger partial charge in [0.15, 0.2) is 6.73 Å². The molecule has 27 heavy (non-hydrogen) atoms. The third-order valence-electron chi connectivity index (χ3n) is 4.64. The molecule has 1 fully saturated rings. The zero-order valence-corrected chi connectivity index (χ0v) is 15.3. The second-order valence-corrected chi connectivity index (χ2v) is 6.96. The van der Waals surface area contributed by atoms with Crippen molar-refractivity contribution in [2.75, 3.05) is 18.2 Å². The van der Waals surface area contributed by atoms with E-state index >= 15 is 0 Å². The Kier molecular flexibility index (Phi) is 5.64. The molecule has 0 N–H and O–H groups in total. The molecule has 0 spiro atoms. The van der Waals surface area contributed by atoms with Gasteiger partial charge in [0.2, 0.25) is 5.76 Å². The van der Waals surface area contributed by atoms with Crippen LogP contribution in [0.4, 0.5) is 18.9 Å². The molecule has 1 aromatic rings. The average molecular weight is 384 g/mol. The number of carbonyl (C=O) groups excluding carboxylic acids is 1. The maximum absolute atomic E-state index is 12.7. The Hall–Kier alpha value is -2.22. The maximum Gasteiger partial charge on any atom is 0.450 e. The number of rotatable bonds is 5. The third kappa shape index (κ3) is 4.55. The Morgan fingerprint density at radius 1 is 1.30 bits per heavy atom. The van der Waals surface area contributed by atoms with Crippen LogP contribution in [0.5, 0.6) is 0 Å². The van der Waals surface area contributed by atoms with E-state index in [-0.39, 0.29) is 24.8 Å². The zero-order valence-electron chi connectivity index (χ0n) is 15.3. The van der Waals surface area contributed by atoms with Gasteiger partial charge in [0.1, 0.15) is 6.10 Å². The van der Waals surface area contributed by atoms with Crippen molar-refractivity contribution in [1.82, 2.24) is 4.90 Å². The first-order chi connectivity index (χ1) is 12.8. The lowest BCUT2D eigenvalue weighted by molar-refractivity contribution is -0.143. The van der Waals surface area contributed by atoms with Gasteiger partial charge in [-0.25, -0.2) is 0 Å². The Bertz CT molecular complexity index is 695. The molecule has 0 aromatic heterocycles. The van der Waals surface area contributed by atoms with Gasteiger partial charge >= 0.3 is 6.18 Å². The molecule has 1 atom stereocenters. The van der Waals surface area contributed by atoms with Gasteiger partial charge in [-0.2, -0.15) is 13.2 Å². The average Bonchev–Trinajstić information content (AvgIpc) is 3.30. The summed E-state index contributed by atoms with van der Waals surface area (Å²) in [4.78, 5) is 15.8. The number of alkyl halides is 3. The zero-order chi connectivity index (χ0) is 19.6. The fraction of sp³-hybridized carbons (Fsp3) is 0.526. The van der Waals surface area contributed by atoms with Crippen LogP contribution in [0.25, 0.3) is 0 Å². The molecule has 2 heterocycles. The van der Waals surface area contributed by atoms with Crippen LogP contribution in [0.2, 0.25) is 0 Å². The molecule has 1 amide bonds. The summed E-state index contributed by atoms with van der Waals surface area (Å²) < 4.78 is 48.2. The number of ether oxygens (including phenoxy) is 2. The van der Waals surface area contributed by atoms with Crippen LogP contribution >= 0.6 is 0 Å². The standard InChI is InChI=1S/C19H23F3N2O3/c1-13(2)24(18(25)16-4-3-9-26-16)10-14-5-7-15(8-6-14)23-11-17(27-12-23)19(20,21)22/h5-8,11,13,16H,3-4,9-10,12H2,1-2H3. The molecule has 1 saturated heterocycles. The minimum atomic E-state index is -4.49. The van der Waals surface area contributed by atoms with Gasteiger partial charge in [-0.05, 0) is 44.4 Å². The Balaban J connectivity index is 1.67. The van der Waals surface area contributed by atoms with Crippen molar-refractivity contribution in [3.05, 3.63) is 41.8 Å². The topological polar surface area (TPSA) is 42.0 Å². The van der Waals surface area contributed by atoms with E-state index in [0.29, 0.717) is 18.8 Å². The van der Waals surface area contributed by atoms with E-state index in [4.69, 9.17) is 9.47 Å². The number of hydrogen-bond donors (Lipinski definition) is 0. The van der Waals surface area contributed by atoms with Gasteiger partial charge in [-0.15, -0.1) is 0 Å². The van der Waals surface area contributed by atoms with Gasteiger partial charge in [0, 0.05) is 24.9 Å². The van der Waals surface area contributed by atoms with Crippen molar-refractivity contribution in [3.63, 3.8) is 0 Å². The van der Waals surface area contributed by atoms with Crippen LogP contribution in [0.3, 0.4) is 0 Å². The SMILES string of the molecule is CC(C)N(Cc1ccc(N2C=C(C(F)(F)F)OC2)cc1)C(=O)C1CCCO1. The molecule has 5 nitrogen and oxygen atoms in total. The van der Waals surface area contributed by atoms with Gasteiger partial charge in [0.05, 0.1) is 6.20 Å². The Labute approximate surface area is 156 Å². The summed E-state index contributed by atoms with van der Waals surface area (Å²) in [7, 11) is 0. The normalized spacial score (nSPS) is 20.0. The molecular formula is C19H23F3N2O3. The summed E-state index contributed by atoms with van der Waals surface area (Å²) in [5, 5.41) is 0. The first-order valence-electron chi connectivity index (χ1n) is 8.95. The molecule has 1 aromatic carbocycles. The fourth-order valence-electron chi connectivity index (χ4n) is 3.12. The number of allylic oxidation sites excluding steroid dienone is 1. The summed E-state index contributed by atoms with van der Waals surface area (Å²) in [5.74, 6) is -1.02. The van der Waals surface area contributed by atoms with E-state index in [1.807, 2.05) is 26.0 Å². The van der Waals surface area contributed by atoms with E-state index in [1.54, 1.807) is 17.0 Å². The van der Waals surface area contributed by atoms with Crippen molar-refractivity contribution in [1.29, 1.82) is 0 Å². The predicted molar refractivity (Wildman–Crippen MR) is 93.7 cm³/mol. The highest BCUT2D eigenvalue weighted by molar-refractivity contribution is 5.81. The highest BCUT2D eigenvalue weighted by Gasteiger charge is 2.39. The highest BCUT2D eigenvalue weighted by Crippen LogP contribution is 2.32. The number of anilines is 1. The van der Waals surface area contributed by atoms with Crippen LogP contribution in [-0.2, 0) is 20.8 Å². The van der Waals surface area contributed by atoms with E-state index in [0.717, 1.165) is 24.6 Å². The smallest absolute Gasteiger partial charge is 0.450 e. The third-order valence-corrected chi connectivity index (χ3v) is 4.64. The number of amides is 1. The lowest BCUT2D eigenvalue weighted by Gasteiger charge is -2.29. The summed E-state index contributed by atoms with van der Waals surface area (Å²) >= 11 is 0. The lowest BCUT2D eigenvalue weighted by atomic mass is 10.1. The van der Waals surface area contributed by atoms with Crippen molar-refractivity contribution >= 4 is 11.6 Å². The summed E-state index contributed by atoms with van der Waals surface area (Å²) in [6, 6.07) is 7.10. The molecule has 0 aliphatic carbocycles. The summed E-state index contributed by atoms with van der Waals surface area (Å²) in [6.07, 6.45) is -2.28. The number of halogens is 3. The van der Waals surface area contributed by atoms with Gasteiger partial charge in [-0.3, -0.25) is 4.79 Å². The van der Waals surface area contributed by atoms with E-state index in [1.165, 1.54) is 4.90 Å². The largest absolute Gasteiger partial charge is 0.466 e. The Morgan fingerprint density at radius 3 is 2.52 bits per heavy atom. The van der Waals surface area contributed by atoms with Crippen LogP contribution in [0, 0.1) is 0 Å². The van der Waals surface area contributed by atoms with Crippen LogP contribution < -0.4 is 4.90 Å². The quantitative estimate of drug-likeness (QED) is 0.775. The van der Waals surface area contributed by atoms with Gasteiger partial charge < -0.3 is 19.3 Å². The lowest BCUT2D eigenvalue weighted by Crippen LogP contribution is -2.42. The monoisotopic (exact) mass is 384 g/mol. The maximum atomic E-state index is 12.7. The fourth-order valence-corrected chi connectivity index (χ4v) is 3.12. The van der Waals surface area contributed by atoms with Crippen molar-refractivity contribution in [3.8, 4) is 0 Å². The molecule has 3 rings (SSSR count). The minimum absolute atomic E-state index is 0.0164. The first-order valence-corrected chi connectivity index (χ1v) is 8.95. The number of benzene rings is 1. The summed E-state index contributed by atoms with van der Waals surface area (Å²) in [5.41, 5.74) is 1.50. The van der Waals surface area contributed by atoms with E-state index in [9.17, 15) is 18.0 Å². The van der Waals surface area contributed by atoms with Crippen LogP contribution in [0.1, 0.15) is 32.3 Å². The molecule has 2 aliphatic rings. The second kappa shape index (κ2) is 7.80. The van der Waals surface area contributed by atoms with Crippen molar-refractivity contribution < 1.29 is 27.4 Å². The number of hydrogen-bond acceptors (Lipinski definition) is 4. The minimum Gasteiger partial charge on any atom is -0.466 e. The molecule has 148 valence electrons. The van der Waals surface area contributed by atoms with Crippen molar-refractivity contribution in [2.45, 2.75) is 51.6 Å². The van der Waals surface area contributed by atoms with Gasteiger partial charge in [-0.1, -0.05) is 12.1 Å². The summed E-state index contributed by atoms with van der Waals surface area (Å²) in [6.45, 7) is 4.77. The Morgan fingerprint density at radius 2 is 2.00 bits per heavy atom. The molecule has 2 aliphatic heterocycles. The van der Waals surface area contributed by atoms with Gasteiger partial charge in [0.25, 0.3) is 5.91 Å². The second-order valence-electron chi connectivity index (χ2n) is 6.96. The molecule has 1 unspecified atom stereocenters.